The van der Waals surface area contributed by atoms with Gasteiger partial charge in [-0.05, 0) is 19.1 Å². The first-order valence-electron chi connectivity index (χ1n) is 7.28. The van der Waals surface area contributed by atoms with Gasteiger partial charge in [0.15, 0.2) is 0 Å². The van der Waals surface area contributed by atoms with E-state index in [-0.39, 0.29) is 33.7 Å². The van der Waals surface area contributed by atoms with Gasteiger partial charge in [0.2, 0.25) is 0 Å². The zero-order valence-corrected chi connectivity index (χ0v) is 16.5. The highest BCUT2D eigenvalue weighted by Crippen LogP contribution is 2.47. The number of rotatable bonds is 5. The molecule has 1 aromatic heterocycles. The molecule has 0 aliphatic heterocycles. The molecule has 2 aromatic rings. The van der Waals surface area contributed by atoms with Gasteiger partial charge in [-0.25, -0.2) is 4.39 Å². The molecule has 4 nitrogen and oxygen atoms in total. The van der Waals surface area contributed by atoms with Crippen molar-refractivity contribution in [3.05, 3.63) is 38.8 Å². The topological polar surface area (TPSA) is 35.8 Å². The van der Waals surface area contributed by atoms with E-state index in [1.165, 1.54) is 7.11 Å². The van der Waals surface area contributed by atoms with Crippen LogP contribution in [0.1, 0.15) is 12.6 Å². The van der Waals surface area contributed by atoms with Crippen molar-refractivity contribution in [3.63, 3.8) is 0 Å². The Bertz CT molecular complexity index is 895. The standard InChI is InChI=1S/C16H13Cl3F4N2O2/c1-7(24-26-3)6-27-11-4-8(10(20)5-9(11)17)12-13(18)14(16(21,22)23)25(2)15(12)19/h4-5H,6H2,1-3H3. The minimum absolute atomic E-state index is 0.0169. The highest BCUT2D eigenvalue weighted by molar-refractivity contribution is 6.40. The van der Waals surface area contributed by atoms with Crippen LogP contribution in [-0.2, 0) is 18.1 Å². The third kappa shape index (κ3) is 4.44. The van der Waals surface area contributed by atoms with E-state index in [2.05, 4.69) is 9.99 Å². The molecule has 0 N–H and O–H groups in total. The maximum Gasteiger partial charge on any atom is 0.432 e. The fraction of sp³-hybridized carbons (Fsp3) is 0.312. The summed E-state index contributed by atoms with van der Waals surface area (Å²) in [5, 5.41) is 2.46. The molecule has 0 unspecified atom stereocenters. The lowest BCUT2D eigenvalue weighted by Gasteiger charge is -2.11. The summed E-state index contributed by atoms with van der Waals surface area (Å²) in [6.45, 7) is 1.57. The van der Waals surface area contributed by atoms with Crippen molar-refractivity contribution >= 4 is 40.5 Å². The van der Waals surface area contributed by atoms with E-state index in [4.69, 9.17) is 39.5 Å². The van der Waals surface area contributed by atoms with Crippen LogP contribution >= 0.6 is 34.8 Å². The molecule has 0 saturated heterocycles. The number of ether oxygens (including phenoxy) is 1. The van der Waals surface area contributed by atoms with E-state index in [9.17, 15) is 17.6 Å². The van der Waals surface area contributed by atoms with E-state index < -0.39 is 22.7 Å². The number of halogens is 7. The Balaban J connectivity index is 2.57. The largest absolute Gasteiger partial charge is 0.486 e. The van der Waals surface area contributed by atoms with Gasteiger partial charge in [-0.15, -0.1) is 0 Å². The van der Waals surface area contributed by atoms with E-state index in [0.29, 0.717) is 10.3 Å². The van der Waals surface area contributed by atoms with E-state index in [0.717, 1.165) is 19.2 Å². The first-order valence-corrected chi connectivity index (χ1v) is 8.42. The average molecular weight is 448 g/mol. The van der Waals surface area contributed by atoms with Crippen molar-refractivity contribution in [2.45, 2.75) is 13.1 Å². The summed E-state index contributed by atoms with van der Waals surface area (Å²) in [5.41, 5.74) is -1.33. The van der Waals surface area contributed by atoms with Crippen molar-refractivity contribution in [1.82, 2.24) is 4.57 Å². The van der Waals surface area contributed by atoms with E-state index in [1.54, 1.807) is 6.92 Å². The van der Waals surface area contributed by atoms with Crippen LogP contribution in [0.25, 0.3) is 11.1 Å². The van der Waals surface area contributed by atoms with Crippen molar-refractivity contribution < 1.29 is 27.1 Å². The number of oxime groups is 1. The fourth-order valence-corrected chi connectivity index (χ4v) is 3.32. The molecule has 27 heavy (non-hydrogen) atoms. The van der Waals surface area contributed by atoms with Gasteiger partial charge in [0.25, 0.3) is 0 Å². The second kappa shape index (κ2) is 8.16. The Labute approximate surface area is 167 Å². The SMILES string of the molecule is CON=C(C)COc1cc(-c2c(Cl)c(C(F)(F)F)n(C)c2Cl)c(F)cc1Cl. The maximum absolute atomic E-state index is 14.4. The summed E-state index contributed by atoms with van der Waals surface area (Å²) in [5.74, 6) is -0.888. The number of aromatic nitrogens is 1. The number of nitrogens with zero attached hydrogens (tertiary/aromatic N) is 2. The summed E-state index contributed by atoms with van der Waals surface area (Å²) in [6, 6.07) is 2.03. The maximum atomic E-state index is 14.4. The van der Waals surface area contributed by atoms with Crippen molar-refractivity contribution in [1.29, 1.82) is 0 Å². The molecule has 1 aromatic carbocycles. The molecule has 11 heteroatoms. The Hall–Kier alpha value is -1.64. The van der Waals surface area contributed by atoms with E-state index in [1.807, 2.05) is 0 Å². The quantitative estimate of drug-likeness (QED) is 0.310. The lowest BCUT2D eigenvalue weighted by atomic mass is 10.1. The Morgan fingerprint density at radius 3 is 2.37 bits per heavy atom. The molecular formula is C16H13Cl3F4N2O2. The third-order valence-electron chi connectivity index (χ3n) is 3.51. The zero-order chi connectivity index (χ0) is 20.5. The normalized spacial score (nSPS) is 12.4. The van der Waals surface area contributed by atoms with Crippen LogP contribution in [0.3, 0.4) is 0 Å². The summed E-state index contributed by atoms with van der Waals surface area (Å²) in [6.07, 6.45) is -4.77. The summed E-state index contributed by atoms with van der Waals surface area (Å²) in [7, 11) is 2.43. The van der Waals surface area contributed by atoms with Crippen LogP contribution in [-0.4, -0.2) is 24.0 Å². The first-order chi connectivity index (χ1) is 12.5. The zero-order valence-electron chi connectivity index (χ0n) is 14.2. The van der Waals surface area contributed by atoms with Gasteiger partial charge < -0.3 is 14.1 Å². The Kier molecular flexibility index (Phi) is 6.55. The van der Waals surface area contributed by atoms with Crippen molar-refractivity contribution in [3.8, 4) is 16.9 Å². The predicted molar refractivity (Wildman–Crippen MR) is 96.5 cm³/mol. The molecule has 0 aliphatic rings. The molecule has 0 amide bonds. The van der Waals surface area contributed by atoms with Crippen molar-refractivity contribution in [2.24, 2.45) is 12.2 Å². The fourth-order valence-electron chi connectivity index (χ4n) is 2.36. The molecular weight excluding hydrogens is 435 g/mol. The number of hydrogen-bond acceptors (Lipinski definition) is 3. The molecule has 0 aliphatic carbocycles. The van der Waals surface area contributed by atoms with Crippen LogP contribution in [0.5, 0.6) is 5.75 Å². The lowest BCUT2D eigenvalue weighted by molar-refractivity contribution is -0.142. The van der Waals surface area contributed by atoms with Gasteiger partial charge in [-0.1, -0.05) is 40.0 Å². The molecule has 0 atom stereocenters. The molecule has 0 bridgehead atoms. The Morgan fingerprint density at radius 2 is 1.85 bits per heavy atom. The molecule has 0 saturated carbocycles. The van der Waals surface area contributed by atoms with Gasteiger partial charge >= 0.3 is 6.18 Å². The number of benzene rings is 1. The molecule has 1 heterocycles. The Morgan fingerprint density at radius 1 is 1.22 bits per heavy atom. The van der Waals surface area contributed by atoms with Gasteiger partial charge in [0.05, 0.1) is 15.8 Å². The van der Waals surface area contributed by atoms with Crippen LogP contribution in [0.15, 0.2) is 17.3 Å². The minimum atomic E-state index is -4.77. The van der Waals surface area contributed by atoms with Crippen LogP contribution in [0.2, 0.25) is 15.2 Å². The van der Waals surface area contributed by atoms with Gasteiger partial charge in [-0.3, -0.25) is 0 Å². The van der Waals surface area contributed by atoms with Gasteiger partial charge in [0.1, 0.15) is 36.1 Å². The minimum Gasteiger partial charge on any atom is -0.486 e. The number of hydrogen-bond donors (Lipinski definition) is 0. The van der Waals surface area contributed by atoms with E-state index >= 15 is 0 Å². The first kappa shape index (κ1) is 21.7. The molecule has 0 fully saturated rings. The monoisotopic (exact) mass is 446 g/mol. The molecule has 2 rings (SSSR count). The molecule has 148 valence electrons. The summed E-state index contributed by atoms with van der Waals surface area (Å²) >= 11 is 17.8. The van der Waals surface area contributed by atoms with Gasteiger partial charge in [0, 0.05) is 18.2 Å². The second-order valence-corrected chi connectivity index (χ2v) is 6.59. The van der Waals surface area contributed by atoms with Crippen LogP contribution in [0.4, 0.5) is 17.6 Å². The highest BCUT2D eigenvalue weighted by Gasteiger charge is 2.40. The molecule has 0 spiro atoms. The van der Waals surface area contributed by atoms with Crippen LogP contribution in [0, 0.1) is 5.82 Å². The lowest BCUT2D eigenvalue weighted by Crippen LogP contribution is -2.11. The van der Waals surface area contributed by atoms with Gasteiger partial charge in [-0.2, -0.15) is 13.2 Å². The van der Waals surface area contributed by atoms with Crippen LogP contribution < -0.4 is 4.74 Å². The molecule has 0 radical (unpaired) electrons. The number of alkyl halides is 3. The second-order valence-electron chi connectivity index (χ2n) is 5.45. The smallest absolute Gasteiger partial charge is 0.432 e. The van der Waals surface area contributed by atoms with Crippen molar-refractivity contribution in [2.75, 3.05) is 13.7 Å². The summed E-state index contributed by atoms with van der Waals surface area (Å²) in [4.78, 5) is 4.58. The third-order valence-corrected chi connectivity index (χ3v) is 4.61. The summed E-state index contributed by atoms with van der Waals surface area (Å²) < 4.78 is 60.2. The highest BCUT2D eigenvalue weighted by atomic mass is 35.5. The predicted octanol–water partition coefficient (Wildman–Crippen LogP) is 6.21. The average Bonchev–Trinajstić information content (AvgIpc) is 2.77.